The standard InChI is InChI=1S/C22H29N7OS.HI/c1-2-23-22(24-14-17-5-3-6-18(13-17)21-26-16-27-28-21)25-15-19(20-7-4-12-31-20)29-8-10-30-11-9-29;/h3-7,12-13,16,19H,2,8-11,14-15H2,1H3,(H2,23,24,25)(H,26,27,28);1H. The third-order valence-corrected chi connectivity index (χ3v) is 6.17. The van der Waals surface area contributed by atoms with Gasteiger partial charge >= 0.3 is 0 Å². The van der Waals surface area contributed by atoms with Gasteiger partial charge in [-0.2, -0.15) is 5.10 Å². The molecule has 1 aromatic carbocycles. The predicted octanol–water partition coefficient (Wildman–Crippen LogP) is 3.28. The number of guanidine groups is 1. The SMILES string of the molecule is CCNC(=NCc1cccc(-c2ncn[nH]2)c1)NCC(c1cccs1)N1CCOCC1.I. The number of hydrogen-bond acceptors (Lipinski definition) is 6. The van der Waals surface area contributed by atoms with Crippen LogP contribution in [0.25, 0.3) is 11.4 Å². The summed E-state index contributed by atoms with van der Waals surface area (Å²) in [7, 11) is 0. The van der Waals surface area contributed by atoms with Gasteiger partial charge in [-0.25, -0.2) is 9.98 Å². The Labute approximate surface area is 209 Å². The van der Waals surface area contributed by atoms with Gasteiger partial charge < -0.3 is 15.4 Å². The first-order valence-electron chi connectivity index (χ1n) is 10.7. The van der Waals surface area contributed by atoms with E-state index in [-0.39, 0.29) is 24.0 Å². The lowest BCUT2D eigenvalue weighted by Crippen LogP contribution is -2.46. The van der Waals surface area contributed by atoms with Crippen molar-refractivity contribution in [3.05, 3.63) is 58.5 Å². The van der Waals surface area contributed by atoms with E-state index in [1.54, 1.807) is 11.3 Å². The smallest absolute Gasteiger partial charge is 0.191 e. The maximum absolute atomic E-state index is 5.55. The highest BCUT2D eigenvalue weighted by Gasteiger charge is 2.23. The number of morpholine rings is 1. The van der Waals surface area contributed by atoms with Crippen LogP contribution in [0.4, 0.5) is 0 Å². The van der Waals surface area contributed by atoms with Crippen LogP contribution in [0.5, 0.6) is 0 Å². The zero-order valence-corrected chi connectivity index (χ0v) is 21.3. The molecule has 1 aliphatic heterocycles. The summed E-state index contributed by atoms with van der Waals surface area (Å²) in [6.45, 7) is 7.75. The summed E-state index contributed by atoms with van der Waals surface area (Å²) in [6, 6.07) is 12.9. The molecule has 0 saturated carbocycles. The number of ether oxygens (including phenoxy) is 1. The molecule has 8 nitrogen and oxygen atoms in total. The van der Waals surface area contributed by atoms with Crippen molar-refractivity contribution in [2.75, 3.05) is 39.4 Å². The summed E-state index contributed by atoms with van der Waals surface area (Å²) >= 11 is 1.80. The van der Waals surface area contributed by atoms with Gasteiger partial charge in [0.2, 0.25) is 0 Å². The van der Waals surface area contributed by atoms with E-state index in [0.29, 0.717) is 12.6 Å². The van der Waals surface area contributed by atoms with Gasteiger partial charge in [-0.05, 0) is 30.0 Å². The summed E-state index contributed by atoms with van der Waals surface area (Å²) in [5.41, 5.74) is 2.13. The molecule has 32 heavy (non-hydrogen) atoms. The van der Waals surface area contributed by atoms with Gasteiger partial charge in [-0.3, -0.25) is 10.00 Å². The number of rotatable bonds is 8. The molecule has 172 valence electrons. The second-order valence-corrected chi connectivity index (χ2v) is 8.27. The van der Waals surface area contributed by atoms with Crippen molar-refractivity contribution in [1.82, 2.24) is 30.7 Å². The minimum Gasteiger partial charge on any atom is -0.379 e. The minimum atomic E-state index is 0. The molecule has 2 aromatic heterocycles. The van der Waals surface area contributed by atoms with Crippen molar-refractivity contribution in [3.8, 4) is 11.4 Å². The van der Waals surface area contributed by atoms with E-state index < -0.39 is 0 Å². The number of halogens is 1. The topological polar surface area (TPSA) is 90.5 Å². The molecule has 0 aliphatic carbocycles. The third kappa shape index (κ3) is 6.74. The number of thiophene rings is 1. The molecule has 0 amide bonds. The molecule has 1 aliphatic rings. The van der Waals surface area contributed by atoms with Crippen molar-refractivity contribution in [2.24, 2.45) is 4.99 Å². The van der Waals surface area contributed by atoms with Crippen LogP contribution < -0.4 is 10.6 Å². The number of aromatic amines is 1. The second-order valence-electron chi connectivity index (χ2n) is 7.29. The average Bonchev–Trinajstić information content (AvgIpc) is 3.53. The molecular formula is C22H30IN7OS. The van der Waals surface area contributed by atoms with Crippen LogP contribution >= 0.6 is 35.3 Å². The van der Waals surface area contributed by atoms with Gasteiger partial charge in [0.05, 0.1) is 25.8 Å². The molecule has 0 radical (unpaired) electrons. The molecule has 4 rings (SSSR count). The zero-order valence-electron chi connectivity index (χ0n) is 18.2. The highest BCUT2D eigenvalue weighted by atomic mass is 127. The van der Waals surface area contributed by atoms with Crippen LogP contribution in [0.15, 0.2) is 53.1 Å². The van der Waals surface area contributed by atoms with Gasteiger partial charge in [0.1, 0.15) is 6.33 Å². The Morgan fingerprint density at radius 1 is 1.25 bits per heavy atom. The Bertz CT molecular complexity index is 943. The highest BCUT2D eigenvalue weighted by Crippen LogP contribution is 2.25. The summed E-state index contributed by atoms with van der Waals surface area (Å²) in [5, 5.41) is 15.9. The Balaban J connectivity index is 0.00000289. The van der Waals surface area contributed by atoms with Crippen molar-refractivity contribution >= 4 is 41.3 Å². The number of aliphatic imine (C=N–C) groups is 1. The number of aromatic nitrogens is 3. The van der Waals surface area contributed by atoms with Crippen LogP contribution in [-0.4, -0.2) is 65.4 Å². The largest absolute Gasteiger partial charge is 0.379 e. The third-order valence-electron chi connectivity index (χ3n) is 5.20. The minimum absolute atomic E-state index is 0. The predicted molar refractivity (Wildman–Crippen MR) is 140 cm³/mol. The monoisotopic (exact) mass is 567 g/mol. The molecule has 0 spiro atoms. The van der Waals surface area contributed by atoms with Gasteiger partial charge in [0.25, 0.3) is 0 Å². The lowest BCUT2D eigenvalue weighted by Gasteiger charge is -2.34. The number of hydrogen-bond donors (Lipinski definition) is 3. The highest BCUT2D eigenvalue weighted by molar-refractivity contribution is 14.0. The second kappa shape index (κ2) is 12.9. The summed E-state index contributed by atoms with van der Waals surface area (Å²) < 4.78 is 5.55. The van der Waals surface area contributed by atoms with E-state index in [2.05, 4.69) is 67.3 Å². The zero-order chi connectivity index (χ0) is 21.3. The molecule has 1 saturated heterocycles. The fourth-order valence-corrected chi connectivity index (χ4v) is 4.51. The van der Waals surface area contributed by atoms with Crippen LogP contribution in [0.2, 0.25) is 0 Å². The van der Waals surface area contributed by atoms with Crippen molar-refractivity contribution < 1.29 is 4.74 Å². The van der Waals surface area contributed by atoms with Crippen molar-refractivity contribution in [2.45, 2.75) is 19.5 Å². The van der Waals surface area contributed by atoms with Gasteiger partial charge in [-0.15, -0.1) is 35.3 Å². The summed E-state index contributed by atoms with van der Waals surface area (Å²) in [6.07, 6.45) is 1.52. The van der Waals surface area contributed by atoms with E-state index in [4.69, 9.17) is 9.73 Å². The molecule has 10 heteroatoms. The maximum atomic E-state index is 5.55. The van der Waals surface area contributed by atoms with Crippen LogP contribution in [0.3, 0.4) is 0 Å². The van der Waals surface area contributed by atoms with Crippen molar-refractivity contribution in [1.29, 1.82) is 0 Å². The average molecular weight is 568 g/mol. The van der Waals surface area contributed by atoms with E-state index >= 15 is 0 Å². The molecule has 0 bridgehead atoms. The molecule has 1 fully saturated rings. The van der Waals surface area contributed by atoms with Crippen LogP contribution in [0, 0.1) is 0 Å². The van der Waals surface area contributed by atoms with E-state index in [1.807, 2.05) is 12.1 Å². The summed E-state index contributed by atoms with van der Waals surface area (Å²) in [5.74, 6) is 1.59. The number of nitrogens with one attached hydrogen (secondary N) is 3. The Hall–Kier alpha value is -2.02. The maximum Gasteiger partial charge on any atom is 0.191 e. The normalized spacial score (nSPS) is 15.7. The fourth-order valence-electron chi connectivity index (χ4n) is 3.65. The molecule has 1 unspecified atom stereocenters. The quantitative estimate of drug-likeness (QED) is 0.220. The first-order valence-corrected chi connectivity index (χ1v) is 11.5. The Morgan fingerprint density at radius 3 is 2.84 bits per heavy atom. The van der Waals surface area contributed by atoms with E-state index in [0.717, 1.165) is 62.3 Å². The Kier molecular flexibility index (Phi) is 9.90. The first kappa shape index (κ1) is 24.6. The lowest BCUT2D eigenvalue weighted by molar-refractivity contribution is 0.0177. The number of nitrogens with zero attached hydrogens (tertiary/aromatic N) is 4. The van der Waals surface area contributed by atoms with Gasteiger partial charge in [-0.1, -0.05) is 24.3 Å². The van der Waals surface area contributed by atoms with Crippen LogP contribution in [-0.2, 0) is 11.3 Å². The fraction of sp³-hybridized carbons (Fsp3) is 0.409. The first-order chi connectivity index (χ1) is 15.3. The molecule has 3 N–H and O–H groups in total. The molecular weight excluding hydrogens is 537 g/mol. The van der Waals surface area contributed by atoms with Crippen LogP contribution in [0.1, 0.15) is 23.4 Å². The summed E-state index contributed by atoms with van der Waals surface area (Å²) in [4.78, 5) is 12.9. The lowest BCUT2D eigenvalue weighted by atomic mass is 10.1. The number of benzene rings is 1. The molecule has 3 aromatic rings. The number of H-pyrrole nitrogens is 1. The Morgan fingerprint density at radius 2 is 2.12 bits per heavy atom. The molecule has 3 heterocycles. The van der Waals surface area contributed by atoms with E-state index in [1.165, 1.54) is 11.2 Å². The molecule has 1 atom stereocenters. The van der Waals surface area contributed by atoms with Crippen molar-refractivity contribution in [3.63, 3.8) is 0 Å². The van der Waals surface area contributed by atoms with E-state index in [9.17, 15) is 0 Å². The van der Waals surface area contributed by atoms with Gasteiger partial charge in [0, 0.05) is 36.6 Å². The van der Waals surface area contributed by atoms with Gasteiger partial charge in [0.15, 0.2) is 11.8 Å².